The predicted octanol–water partition coefficient (Wildman–Crippen LogP) is 0.532. The van der Waals surface area contributed by atoms with Crippen molar-refractivity contribution >= 4 is 29.3 Å². The van der Waals surface area contributed by atoms with E-state index >= 15 is 0 Å². The van der Waals surface area contributed by atoms with Gasteiger partial charge in [-0.05, 0) is 30.6 Å². The number of amides is 2. The molecule has 0 spiro atoms. The van der Waals surface area contributed by atoms with E-state index in [1.807, 2.05) is 24.5 Å². The normalized spacial score (nSPS) is 15.9. The first kappa shape index (κ1) is 18.6. The zero-order valence-corrected chi connectivity index (χ0v) is 14.9. The summed E-state index contributed by atoms with van der Waals surface area (Å²) in [5, 5.41) is 2.65. The van der Waals surface area contributed by atoms with Crippen molar-refractivity contribution in [1.29, 1.82) is 0 Å². The first-order valence-electron chi connectivity index (χ1n) is 8.22. The van der Waals surface area contributed by atoms with E-state index in [0.717, 1.165) is 18.8 Å². The number of anilines is 1. The van der Waals surface area contributed by atoms with Crippen LogP contribution in [0.3, 0.4) is 0 Å². The highest BCUT2D eigenvalue weighted by atomic mass is 32.2. The molecule has 0 radical (unpaired) electrons. The summed E-state index contributed by atoms with van der Waals surface area (Å²) in [6.45, 7) is 2.97. The minimum atomic E-state index is -0.542. The van der Waals surface area contributed by atoms with Gasteiger partial charge in [-0.2, -0.15) is 11.8 Å². The van der Waals surface area contributed by atoms with Crippen LogP contribution in [0.25, 0.3) is 0 Å². The van der Waals surface area contributed by atoms with Crippen molar-refractivity contribution in [3.05, 3.63) is 30.3 Å². The van der Waals surface area contributed by atoms with Gasteiger partial charge in [0.25, 0.3) is 0 Å². The van der Waals surface area contributed by atoms with Gasteiger partial charge in [0.2, 0.25) is 11.8 Å². The van der Waals surface area contributed by atoms with Gasteiger partial charge in [-0.1, -0.05) is 18.2 Å². The Kier molecular flexibility index (Phi) is 7.39. The van der Waals surface area contributed by atoms with Crippen LogP contribution in [0, 0.1) is 0 Å². The molecule has 1 fully saturated rings. The van der Waals surface area contributed by atoms with Crippen LogP contribution >= 0.6 is 11.8 Å². The molecule has 0 saturated carbocycles. The first-order valence-corrected chi connectivity index (χ1v) is 9.61. The van der Waals surface area contributed by atoms with Gasteiger partial charge >= 0.3 is 0 Å². The molecule has 1 saturated heterocycles. The SMILES string of the molecule is CSCC[C@H](N)C(=O)NCC(=O)N1CCN(c2ccccc2)CC1. The molecule has 1 aromatic carbocycles. The van der Waals surface area contributed by atoms with Crippen molar-refractivity contribution in [2.24, 2.45) is 5.73 Å². The Bertz CT molecular complexity index is 533. The zero-order valence-electron chi connectivity index (χ0n) is 14.1. The lowest BCUT2D eigenvalue weighted by atomic mass is 10.2. The summed E-state index contributed by atoms with van der Waals surface area (Å²) < 4.78 is 0. The molecule has 2 rings (SSSR count). The standard InChI is InChI=1S/C17H26N4O2S/c1-24-12-7-15(18)17(23)19-13-16(22)21-10-8-20(9-11-21)14-5-3-2-4-6-14/h2-6,15H,7-13,18H2,1H3,(H,19,23)/t15-/m0/s1. The molecule has 1 heterocycles. The highest BCUT2D eigenvalue weighted by molar-refractivity contribution is 7.98. The Morgan fingerprint density at radius 2 is 1.88 bits per heavy atom. The monoisotopic (exact) mass is 350 g/mol. The molecule has 24 heavy (non-hydrogen) atoms. The number of hydrogen-bond donors (Lipinski definition) is 2. The minimum absolute atomic E-state index is 0.0249. The molecule has 7 heteroatoms. The summed E-state index contributed by atoms with van der Waals surface area (Å²) in [5.41, 5.74) is 6.97. The van der Waals surface area contributed by atoms with Gasteiger partial charge in [-0.25, -0.2) is 0 Å². The molecule has 0 bridgehead atoms. The fourth-order valence-corrected chi connectivity index (χ4v) is 3.12. The molecule has 1 aliphatic heterocycles. The molecule has 132 valence electrons. The topological polar surface area (TPSA) is 78.7 Å². The number of para-hydroxylation sites is 1. The second-order valence-corrected chi connectivity index (χ2v) is 6.79. The van der Waals surface area contributed by atoms with E-state index in [1.165, 1.54) is 5.69 Å². The van der Waals surface area contributed by atoms with Crippen molar-refractivity contribution in [2.45, 2.75) is 12.5 Å². The van der Waals surface area contributed by atoms with Crippen LogP contribution in [0.15, 0.2) is 30.3 Å². The first-order chi connectivity index (χ1) is 11.6. The predicted molar refractivity (Wildman–Crippen MR) is 99.2 cm³/mol. The van der Waals surface area contributed by atoms with Crippen LogP contribution in [0.5, 0.6) is 0 Å². The highest BCUT2D eigenvalue weighted by Crippen LogP contribution is 2.15. The lowest BCUT2D eigenvalue weighted by Crippen LogP contribution is -2.52. The summed E-state index contributed by atoms with van der Waals surface area (Å²) >= 11 is 1.65. The van der Waals surface area contributed by atoms with Crippen LogP contribution in [0.4, 0.5) is 5.69 Å². The van der Waals surface area contributed by atoms with Gasteiger partial charge in [0.05, 0.1) is 12.6 Å². The number of carbonyl (C=O) groups excluding carboxylic acids is 2. The second-order valence-electron chi connectivity index (χ2n) is 5.81. The van der Waals surface area contributed by atoms with Gasteiger partial charge in [0, 0.05) is 31.9 Å². The maximum atomic E-state index is 12.2. The molecular formula is C17H26N4O2S. The third-order valence-corrected chi connectivity index (χ3v) is 4.78. The van der Waals surface area contributed by atoms with Crippen molar-refractivity contribution in [3.8, 4) is 0 Å². The highest BCUT2D eigenvalue weighted by Gasteiger charge is 2.22. The molecule has 3 N–H and O–H groups in total. The van der Waals surface area contributed by atoms with Crippen molar-refractivity contribution in [3.63, 3.8) is 0 Å². The summed E-state index contributed by atoms with van der Waals surface area (Å²) in [7, 11) is 0. The maximum absolute atomic E-state index is 12.2. The fourth-order valence-electron chi connectivity index (χ4n) is 2.63. The van der Waals surface area contributed by atoms with Crippen LogP contribution < -0.4 is 16.0 Å². The largest absolute Gasteiger partial charge is 0.368 e. The number of piperazine rings is 1. The maximum Gasteiger partial charge on any atom is 0.242 e. The number of thioether (sulfide) groups is 1. The van der Waals surface area contributed by atoms with E-state index in [0.29, 0.717) is 19.5 Å². The number of nitrogens with two attached hydrogens (primary N) is 1. The number of carbonyl (C=O) groups is 2. The summed E-state index contributed by atoms with van der Waals surface area (Å²) in [6, 6.07) is 9.64. The number of rotatable bonds is 7. The average molecular weight is 350 g/mol. The Hall–Kier alpha value is -1.73. The summed E-state index contributed by atoms with van der Waals surface area (Å²) in [4.78, 5) is 28.1. The molecule has 6 nitrogen and oxygen atoms in total. The van der Waals surface area contributed by atoms with Gasteiger partial charge < -0.3 is 20.9 Å². The molecule has 0 unspecified atom stereocenters. The van der Waals surface area contributed by atoms with Crippen LogP contribution in [-0.2, 0) is 9.59 Å². The quantitative estimate of drug-likeness (QED) is 0.750. The van der Waals surface area contributed by atoms with E-state index in [2.05, 4.69) is 22.3 Å². The number of benzene rings is 1. The Labute approximate surface area is 147 Å². The summed E-state index contributed by atoms with van der Waals surface area (Å²) in [5.74, 6) is 0.540. The van der Waals surface area contributed by atoms with E-state index < -0.39 is 6.04 Å². The molecule has 1 aromatic rings. The fraction of sp³-hybridized carbons (Fsp3) is 0.529. The van der Waals surface area contributed by atoms with E-state index in [1.54, 1.807) is 16.7 Å². The number of nitrogens with zero attached hydrogens (tertiary/aromatic N) is 2. The van der Waals surface area contributed by atoms with E-state index in [-0.39, 0.29) is 18.4 Å². The van der Waals surface area contributed by atoms with Crippen molar-refractivity contribution in [2.75, 3.05) is 49.6 Å². The molecule has 0 aromatic heterocycles. The van der Waals surface area contributed by atoms with Crippen LogP contribution in [0.2, 0.25) is 0 Å². The Balaban J connectivity index is 1.72. The number of hydrogen-bond acceptors (Lipinski definition) is 5. The third-order valence-electron chi connectivity index (χ3n) is 4.14. The second kappa shape index (κ2) is 9.54. The van der Waals surface area contributed by atoms with Crippen LogP contribution in [-0.4, -0.2) is 67.5 Å². The molecule has 0 aliphatic carbocycles. The van der Waals surface area contributed by atoms with Crippen molar-refractivity contribution in [1.82, 2.24) is 10.2 Å². The lowest BCUT2D eigenvalue weighted by Gasteiger charge is -2.36. The smallest absolute Gasteiger partial charge is 0.242 e. The zero-order chi connectivity index (χ0) is 17.4. The minimum Gasteiger partial charge on any atom is -0.368 e. The third kappa shape index (κ3) is 5.42. The Morgan fingerprint density at radius 3 is 2.50 bits per heavy atom. The average Bonchev–Trinajstić information content (AvgIpc) is 2.64. The van der Waals surface area contributed by atoms with Gasteiger partial charge in [-0.3, -0.25) is 9.59 Å². The van der Waals surface area contributed by atoms with Crippen molar-refractivity contribution < 1.29 is 9.59 Å². The van der Waals surface area contributed by atoms with Gasteiger partial charge in [0.1, 0.15) is 0 Å². The number of nitrogens with one attached hydrogen (secondary N) is 1. The molecule has 2 amide bonds. The van der Waals surface area contributed by atoms with E-state index in [4.69, 9.17) is 5.73 Å². The molecule has 1 aliphatic rings. The molecular weight excluding hydrogens is 324 g/mol. The Morgan fingerprint density at radius 1 is 1.21 bits per heavy atom. The lowest BCUT2D eigenvalue weighted by molar-refractivity contribution is -0.133. The molecule has 1 atom stereocenters. The summed E-state index contributed by atoms with van der Waals surface area (Å²) in [6.07, 6.45) is 2.60. The van der Waals surface area contributed by atoms with Gasteiger partial charge in [-0.15, -0.1) is 0 Å². The van der Waals surface area contributed by atoms with Crippen LogP contribution in [0.1, 0.15) is 6.42 Å². The van der Waals surface area contributed by atoms with E-state index in [9.17, 15) is 9.59 Å². The van der Waals surface area contributed by atoms with Gasteiger partial charge in [0.15, 0.2) is 0 Å².